The Labute approximate surface area is 789 Å². The summed E-state index contributed by atoms with van der Waals surface area (Å²) in [5, 5.41) is 20.6. The van der Waals surface area contributed by atoms with Crippen LogP contribution in [0.3, 0.4) is 0 Å². The first-order valence-electron chi connectivity index (χ1n) is 42.9. The third-order valence-electron chi connectivity index (χ3n) is 21.2. The minimum atomic E-state index is -3.50. The number of carbonyl (C=O) groups is 4. The van der Waals surface area contributed by atoms with Gasteiger partial charge in [0.25, 0.3) is 0 Å². The number of benzene rings is 8. The van der Waals surface area contributed by atoms with Gasteiger partial charge < -0.3 is 73.3 Å². The van der Waals surface area contributed by atoms with E-state index in [9.17, 15) is 44.4 Å². The summed E-state index contributed by atoms with van der Waals surface area (Å²) in [6.07, 6.45) is 3.16. The van der Waals surface area contributed by atoms with Gasteiger partial charge in [-0.15, -0.1) is 0 Å². The molecule has 34 heteroatoms. The number of ketones is 2. The fourth-order valence-electron chi connectivity index (χ4n) is 14.9. The van der Waals surface area contributed by atoms with Gasteiger partial charge in [0, 0.05) is 164 Å². The number of hydrogen-bond acceptors (Lipinski definition) is 23. The molecule has 25 nitrogen and oxygen atoms in total. The molecule has 0 aromatic heterocycles. The highest BCUT2D eigenvalue weighted by atomic mass is 35.5. The number of nitrogens with two attached hydrogens (primary N) is 1. The van der Waals surface area contributed by atoms with E-state index in [1.807, 2.05) is 71.4 Å². The average Bonchev–Trinajstić information content (AvgIpc) is 0.779. The summed E-state index contributed by atoms with van der Waals surface area (Å²) in [4.78, 5) is 53.3. The molecule has 8 aromatic rings. The molecule has 0 amide bonds. The summed E-state index contributed by atoms with van der Waals surface area (Å²) < 4.78 is 127. The van der Waals surface area contributed by atoms with E-state index in [1.54, 1.807) is 97.1 Å². The quantitative estimate of drug-likeness (QED) is 0.0235. The van der Waals surface area contributed by atoms with Gasteiger partial charge in [-0.2, -0.15) is 0 Å². The maximum atomic E-state index is 13.2. The van der Waals surface area contributed by atoms with Crippen molar-refractivity contribution in [3.05, 3.63) is 260 Å². The predicted octanol–water partition coefficient (Wildman–Crippen LogP) is 17.1. The van der Waals surface area contributed by atoms with Crippen molar-refractivity contribution in [1.82, 2.24) is 14.7 Å². The van der Waals surface area contributed by atoms with Gasteiger partial charge in [0.05, 0.1) is 116 Å². The van der Waals surface area contributed by atoms with E-state index in [1.165, 1.54) is 18.2 Å². The molecule has 0 bridgehead atoms. The number of halogens is 6. The molecule has 0 saturated heterocycles. The standard InChI is InChI=1S/C39H49Cl2NO8S.C25H34Cl2N2O5S.C23H29Cl2NO4S.C8H6O4/c1-3-47-15-6-13-38(43)30-10-4-11-31(23-30)39(44)14-7-16-48-18-20-50-21-19-49-17-8-22-51(45,46)33-12-5-9-29(24-33)35-27-42(2)28-36-34(35)25-32(40)26-37(36)41;1-29-17-23(22-15-20(26)16-25(27)24(22)18-29)19-4-2-5-21(14-19)35(30,31)13-3-7-32-9-11-34-12-10-33-8-6-28;1-3-29-9-10-30-8-5-11-31(27,28)19-7-4-6-17(12-19)21-15-26(2)16-22-20(21)13-18(24)14-23(22)25;9-7(10)5-2-1-3-6(4-5)8(11)12/h4-5,9-12,23-26,35H,3,6-8,13-22,27-28H2,1-2H3;2,4-5,14-16,23H,3,6-13,17-18,28H2,1H3;4,6-7,12-14,21H,3,5,8-11,15-16H2,1-2H3;1-4H,(H,9,10)(H,11,12). The van der Waals surface area contributed by atoms with Crippen molar-refractivity contribution in [3.63, 3.8) is 0 Å². The smallest absolute Gasteiger partial charge is 0.335 e. The van der Waals surface area contributed by atoms with Gasteiger partial charge in [-0.05, 0) is 214 Å². The number of aromatic carboxylic acids is 2. The maximum Gasteiger partial charge on any atom is 0.335 e. The van der Waals surface area contributed by atoms with Crippen LogP contribution in [0, 0.1) is 0 Å². The molecule has 3 unspecified atom stereocenters. The lowest BCUT2D eigenvalue weighted by Crippen LogP contribution is -2.31. The summed E-state index contributed by atoms with van der Waals surface area (Å²) in [7, 11) is -4.26. The van der Waals surface area contributed by atoms with E-state index in [0.717, 1.165) is 88.9 Å². The highest BCUT2D eigenvalue weighted by Gasteiger charge is 2.33. The van der Waals surface area contributed by atoms with Crippen LogP contribution in [0.2, 0.25) is 30.1 Å². The van der Waals surface area contributed by atoms with Gasteiger partial charge >= 0.3 is 11.9 Å². The van der Waals surface area contributed by atoms with Crippen LogP contribution in [-0.4, -0.2) is 257 Å². The van der Waals surface area contributed by atoms with Crippen LogP contribution in [0.5, 0.6) is 0 Å². The fraction of sp³-hybridized carbons (Fsp3) is 0.453. The topological polar surface area (TPSA) is 330 Å². The largest absolute Gasteiger partial charge is 0.478 e. The number of ether oxygens (including phenoxy) is 9. The molecule has 8 aromatic carbocycles. The van der Waals surface area contributed by atoms with E-state index in [4.69, 9.17) is 128 Å². The van der Waals surface area contributed by atoms with Crippen molar-refractivity contribution < 1.29 is 97.3 Å². The van der Waals surface area contributed by atoms with Crippen molar-refractivity contribution in [2.24, 2.45) is 5.73 Å². The van der Waals surface area contributed by atoms with E-state index in [2.05, 4.69) is 14.7 Å². The molecule has 4 N–H and O–H groups in total. The average molecular weight is 1960 g/mol. The van der Waals surface area contributed by atoms with Crippen LogP contribution in [0.4, 0.5) is 0 Å². The second-order valence-electron chi connectivity index (χ2n) is 31.1. The zero-order valence-corrected chi connectivity index (χ0v) is 80.5. The number of rotatable bonds is 49. The number of hydrogen-bond donors (Lipinski definition) is 3. The normalized spacial score (nSPS) is 15.2. The van der Waals surface area contributed by atoms with Gasteiger partial charge in [-0.1, -0.05) is 130 Å². The van der Waals surface area contributed by atoms with E-state index in [0.29, 0.717) is 233 Å². The third kappa shape index (κ3) is 35.5. The van der Waals surface area contributed by atoms with Crippen LogP contribution in [0.25, 0.3) is 0 Å². The number of Topliss-reactive ketones (excluding diaryl/α,β-unsaturated/α-hetero) is 2. The number of nitrogens with zero attached hydrogens (tertiary/aromatic N) is 3. The van der Waals surface area contributed by atoms with E-state index >= 15 is 0 Å². The Bertz CT molecular complexity index is 5280. The molecular formula is C95H118Cl6N4O21S3. The monoisotopic (exact) mass is 1960 g/mol. The molecule has 704 valence electrons. The first-order valence-corrected chi connectivity index (χ1v) is 50.2. The summed E-state index contributed by atoms with van der Waals surface area (Å²) >= 11 is 38.3. The third-order valence-corrected chi connectivity index (χ3v) is 28.3. The zero-order valence-electron chi connectivity index (χ0n) is 73.6. The molecule has 3 atom stereocenters. The zero-order chi connectivity index (χ0) is 93.5. The van der Waals surface area contributed by atoms with Crippen LogP contribution >= 0.6 is 69.6 Å². The molecular weight excluding hydrogens is 1840 g/mol. The SMILES string of the molecule is CCOCCCC(=O)c1cccc(C(=O)CCCOCCOCCOCCCS(=O)(=O)c2cccc(C3CN(C)Cc4c(Cl)cc(Cl)cc43)c2)c1.CCOCCOCCCS(=O)(=O)c1cccc(C2CN(C)Cc3c(Cl)cc(Cl)cc32)c1.CN1Cc2c(Cl)cc(Cl)cc2C(c2cccc(S(=O)(=O)CCCOCCOCCOCCN)c2)C1.O=C(O)c1cccc(C(=O)O)c1. The highest BCUT2D eigenvalue weighted by Crippen LogP contribution is 2.43. The maximum absolute atomic E-state index is 13.2. The van der Waals surface area contributed by atoms with Crippen LogP contribution in [0.1, 0.15) is 168 Å². The first kappa shape index (κ1) is 107. The minimum absolute atomic E-state index is 0.00185. The number of carbonyl (C=O) groups excluding carboxylic acids is 2. The highest BCUT2D eigenvalue weighted by molar-refractivity contribution is 7.92. The molecule has 3 aliphatic heterocycles. The van der Waals surface area contributed by atoms with Crippen molar-refractivity contribution in [1.29, 1.82) is 0 Å². The Morgan fingerprint density at radius 1 is 0.349 bits per heavy atom. The molecule has 11 rings (SSSR count). The Morgan fingerprint density at radius 2 is 0.612 bits per heavy atom. The first-order chi connectivity index (χ1) is 61.8. The second kappa shape index (κ2) is 55.7. The Balaban J connectivity index is 0.000000230. The molecule has 3 heterocycles. The molecule has 0 radical (unpaired) electrons. The molecule has 0 spiro atoms. The Morgan fingerprint density at radius 3 is 0.922 bits per heavy atom. The van der Waals surface area contributed by atoms with Crippen LogP contribution in [-0.2, 0) is 91.8 Å². The Kier molecular flexibility index (Phi) is 46.4. The summed E-state index contributed by atoms with van der Waals surface area (Å²) in [5.74, 6) is -2.28. The number of carboxylic acid groups (broad SMARTS) is 2. The Hall–Kier alpha value is -6.89. The van der Waals surface area contributed by atoms with Crippen LogP contribution in [0.15, 0.2) is 172 Å². The van der Waals surface area contributed by atoms with Crippen molar-refractivity contribution >= 4 is 123 Å². The number of carboxylic acids is 2. The number of likely N-dealkylation sites (N-methyl/N-ethyl adjacent to an activating group) is 3. The van der Waals surface area contributed by atoms with E-state index < -0.39 is 41.5 Å². The summed E-state index contributed by atoms with van der Waals surface area (Å²) in [5.41, 5.74) is 15.4. The molecule has 3 aliphatic rings. The number of fused-ring (bicyclic) bond motifs is 3. The lowest BCUT2D eigenvalue weighted by atomic mass is 9.85. The van der Waals surface area contributed by atoms with Gasteiger partial charge in [0.1, 0.15) is 0 Å². The number of sulfone groups is 3. The van der Waals surface area contributed by atoms with Crippen LogP contribution < -0.4 is 5.73 Å². The molecule has 0 aliphatic carbocycles. The van der Waals surface area contributed by atoms with Crippen molar-refractivity contribution in [2.45, 2.75) is 111 Å². The lowest BCUT2D eigenvalue weighted by Gasteiger charge is -2.33. The van der Waals surface area contributed by atoms with Gasteiger partial charge in [0.2, 0.25) is 0 Å². The summed E-state index contributed by atoms with van der Waals surface area (Å²) in [6, 6.07) is 44.7. The van der Waals surface area contributed by atoms with Crippen molar-refractivity contribution in [2.75, 3.05) is 184 Å². The molecule has 129 heavy (non-hydrogen) atoms. The minimum Gasteiger partial charge on any atom is -0.478 e. The van der Waals surface area contributed by atoms with Gasteiger partial charge in [0.15, 0.2) is 41.1 Å². The van der Waals surface area contributed by atoms with Crippen molar-refractivity contribution in [3.8, 4) is 0 Å². The lowest BCUT2D eigenvalue weighted by molar-refractivity contribution is 0.0142. The van der Waals surface area contributed by atoms with Gasteiger partial charge in [-0.25, -0.2) is 34.8 Å². The predicted molar refractivity (Wildman–Crippen MR) is 505 cm³/mol. The fourth-order valence-corrected chi connectivity index (χ4v) is 20.6. The van der Waals surface area contributed by atoms with Gasteiger partial charge in [-0.3, -0.25) is 9.59 Å². The molecule has 0 fully saturated rings. The second-order valence-corrected chi connectivity index (χ2v) is 40.0. The molecule has 0 saturated carbocycles. The summed E-state index contributed by atoms with van der Waals surface area (Å²) in [6.45, 7) is 16.9. The van der Waals surface area contributed by atoms with E-state index in [-0.39, 0.29) is 57.7 Å².